The molecule has 10 nitrogen and oxygen atoms in total. The lowest BCUT2D eigenvalue weighted by Crippen LogP contribution is -2.58. The number of ketones is 1. The van der Waals surface area contributed by atoms with E-state index in [-0.39, 0.29) is 36.2 Å². The zero-order chi connectivity index (χ0) is 35.6. The minimum atomic E-state index is -2.04. The molecule has 0 bridgehead atoms. The molecule has 10 heteroatoms. The zero-order valence-electron chi connectivity index (χ0n) is 30.8. The highest BCUT2D eigenvalue weighted by molar-refractivity contribution is 5.83. The first-order valence-corrected chi connectivity index (χ1v) is 17.9. The second kappa shape index (κ2) is 16.1. The summed E-state index contributed by atoms with van der Waals surface area (Å²) in [5.41, 5.74) is -2.64. The number of esters is 1. The Balaban J connectivity index is 2.18. The average Bonchev–Trinajstić information content (AvgIpc) is 3.02. The van der Waals surface area contributed by atoms with Crippen molar-refractivity contribution >= 4 is 11.8 Å². The van der Waals surface area contributed by atoms with Crippen LogP contribution in [0.3, 0.4) is 0 Å². The summed E-state index contributed by atoms with van der Waals surface area (Å²) in [5, 5.41) is 37.4. The highest BCUT2D eigenvalue weighted by atomic mass is 16.7. The van der Waals surface area contributed by atoms with Gasteiger partial charge >= 0.3 is 5.97 Å². The van der Waals surface area contributed by atoms with E-state index in [4.69, 9.17) is 18.9 Å². The van der Waals surface area contributed by atoms with Gasteiger partial charge in [-0.15, -0.1) is 0 Å². The van der Waals surface area contributed by atoms with Crippen molar-refractivity contribution in [3.05, 3.63) is 12.7 Å². The number of aliphatic hydroxyl groups is 3. The number of aliphatic hydroxyl groups excluding tert-OH is 2. The van der Waals surface area contributed by atoms with Gasteiger partial charge in [0, 0.05) is 30.2 Å². The van der Waals surface area contributed by atoms with Gasteiger partial charge in [-0.1, -0.05) is 68.0 Å². The highest BCUT2D eigenvalue weighted by Crippen LogP contribution is 2.46. The summed E-state index contributed by atoms with van der Waals surface area (Å²) in [5.74, 6) is -3.67. The molecule has 3 saturated heterocycles. The Morgan fingerprint density at radius 2 is 1.64 bits per heavy atom. The maximum atomic E-state index is 14.2. The van der Waals surface area contributed by atoms with Crippen molar-refractivity contribution in [2.45, 2.75) is 162 Å². The third-order valence-electron chi connectivity index (χ3n) is 11.7. The van der Waals surface area contributed by atoms with Gasteiger partial charge in [0.15, 0.2) is 6.29 Å². The quantitative estimate of drug-likeness (QED) is 0.238. The van der Waals surface area contributed by atoms with Crippen LogP contribution >= 0.6 is 0 Å². The summed E-state index contributed by atoms with van der Waals surface area (Å²) in [6, 6.07) is 0.215. The number of cyclic esters (lactones) is 1. The van der Waals surface area contributed by atoms with E-state index < -0.39 is 83.6 Å². The number of rotatable bonds is 6. The molecule has 272 valence electrons. The molecule has 3 fully saturated rings. The van der Waals surface area contributed by atoms with Crippen LogP contribution in [0.1, 0.15) is 101 Å². The number of carbonyl (C=O) groups is 2. The third kappa shape index (κ3) is 8.67. The van der Waals surface area contributed by atoms with E-state index in [0.29, 0.717) is 19.3 Å². The lowest BCUT2D eigenvalue weighted by Gasteiger charge is -2.50. The molecule has 3 aliphatic heterocycles. The fraction of sp³-hybridized carbons (Fsp3) is 0.892. The van der Waals surface area contributed by atoms with E-state index in [1.54, 1.807) is 13.8 Å². The van der Waals surface area contributed by atoms with E-state index in [1.807, 2.05) is 41.7 Å². The molecule has 0 aromatic heterocycles. The molecule has 0 spiro atoms. The van der Waals surface area contributed by atoms with Gasteiger partial charge in [-0.2, -0.15) is 0 Å². The smallest absolute Gasteiger partial charge is 0.309 e. The fourth-order valence-electron chi connectivity index (χ4n) is 8.91. The first kappa shape index (κ1) is 40.0. The van der Waals surface area contributed by atoms with Gasteiger partial charge < -0.3 is 39.6 Å². The molecule has 3 heterocycles. The van der Waals surface area contributed by atoms with Crippen LogP contribution < -0.4 is 5.32 Å². The number of ether oxygens (including phenoxy) is 4. The molecule has 0 amide bonds. The lowest BCUT2D eigenvalue weighted by molar-refractivity contribution is -0.255. The van der Waals surface area contributed by atoms with Crippen LogP contribution in [0.25, 0.3) is 0 Å². The number of hydrogen-bond donors (Lipinski definition) is 4. The van der Waals surface area contributed by atoms with Crippen molar-refractivity contribution in [2.24, 2.45) is 40.9 Å². The predicted molar refractivity (Wildman–Crippen MR) is 180 cm³/mol. The molecule has 0 saturated carbocycles. The molecule has 4 unspecified atom stereocenters. The zero-order valence-corrected chi connectivity index (χ0v) is 30.8. The number of hydrogen-bond acceptors (Lipinski definition) is 10. The molecule has 47 heavy (non-hydrogen) atoms. The van der Waals surface area contributed by atoms with Crippen molar-refractivity contribution < 1.29 is 43.9 Å². The fourth-order valence-corrected chi connectivity index (χ4v) is 8.91. The Labute approximate surface area is 283 Å². The second-order valence-electron chi connectivity index (χ2n) is 15.9. The van der Waals surface area contributed by atoms with Crippen LogP contribution in [0.2, 0.25) is 0 Å². The topological polar surface area (TPSA) is 144 Å². The standard InChI is InChI=1S/C37H65NO9/c1-13-28-37(43,14-2)33(41)24(8)31(39)20(4)18-36(10,11)34(47-29-17-26(38-12)16-21(5)44-29)22(6)30(23(7)35(42)46-28)27-15-19(3)32(40)25(9)45-27/h14,19-30,32-34,38,40-41,43H,2,13,15-18H2,1,3-12H3/t19-,20+,21?,22-,23+,24-,25-,26-,27?,28+,29?,30-,32+,33?,34+,37+/m0/s1. The molecule has 0 aromatic carbocycles. The van der Waals surface area contributed by atoms with Crippen LogP contribution in [0.15, 0.2) is 12.7 Å². The van der Waals surface area contributed by atoms with Crippen molar-refractivity contribution in [3.8, 4) is 0 Å². The molecular formula is C37H65NO9. The Morgan fingerprint density at radius 1 is 1.00 bits per heavy atom. The maximum Gasteiger partial charge on any atom is 0.309 e. The average molecular weight is 668 g/mol. The van der Waals surface area contributed by atoms with Crippen molar-refractivity contribution in [1.29, 1.82) is 0 Å². The number of carbonyl (C=O) groups excluding carboxylic acids is 2. The normalized spacial score (nSPS) is 47.5. The molecule has 3 aliphatic rings. The van der Waals surface area contributed by atoms with Crippen LogP contribution in [0, 0.1) is 40.9 Å². The third-order valence-corrected chi connectivity index (χ3v) is 11.7. The summed E-state index contributed by atoms with van der Waals surface area (Å²) in [7, 11) is 1.94. The van der Waals surface area contributed by atoms with Crippen LogP contribution in [0.5, 0.6) is 0 Å². The Kier molecular flexibility index (Phi) is 13.7. The van der Waals surface area contributed by atoms with Crippen LogP contribution in [0.4, 0.5) is 0 Å². The van der Waals surface area contributed by atoms with Crippen molar-refractivity contribution in [2.75, 3.05) is 7.05 Å². The second-order valence-corrected chi connectivity index (χ2v) is 15.9. The largest absolute Gasteiger partial charge is 0.459 e. The lowest BCUT2D eigenvalue weighted by atomic mass is 9.65. The van der Waals surface area contributed by atoms with E-state index in [1.165, 1.54) is 6.08 Å². The van der Waals surface area contributed by atoms with Gasteiger partial charge in [-0.25, -0.2) is 0 Å². The Bertz CT molecular complexity index is 1060. The summed E-state index contributed by atoms with van der Waals surface area (Å²) < 4.78 is 25.9. The molecule has 16 atom stereocenters. The van der Waals surface area contributed by atoms with Crippen molar-refractivity contribution in [3.63, 3.8) is 0 Å². The van der Waals surface area contributed by atoms with E-state index in [2.05, 4.69) is 32.7 Å². The minimum absolute atomic E-state index is 0.0184. The first-order valence-electron chi connectivity index (χ1n) is 17.9. The Hall–Kier alpha value is -1.40. The SMILES string of the molecule is C=C[C@]1(O)C(O)[C@@H](C)C(=O)[C@H](C)CC(C)(C)[C@H](OC2C[C@@H](NC)CC(C)O2)[C@@H](C)[C@H](C2C[C@H](C)[C@@H](O)[C@H](C)O2)[C@@H](C)C(=O)O[C@@H]1CC. The van der Waals surface area contributed by atoms with Crippen LogP contribution in [-0.2, 0) is 28.5 Å². The summed E-state index contributed by atoms with van der Waals surface area (Å²) in [6.45, 7) is 22.9. The maximum absolute atomic E-state index is 14.2. The summed E-state index contributed by atoms with van der Waals surface area (Å²) in [6.07, 6.45) is -1.30. The van der Waals surface area contributed by atoms with Gasteiger partial charge in [-0.3, -0.25) is 9.59 Å². The molecule has 0 aliphatic carbocycles. The number of nitrogens with one attached hydrogen (secondary N) is 1. The van der Waals surface area contributed by atoms with Gasteiger partial charge in [-0.05, 0) is 63.8 Å². The highest BCUT2D eigenvalue weighted by Gasteiger charge is 2.52. The summed E-state index contributed by atoms with van der Waals surface area (Å²) in [4.78, 5) is 28.1. The first-order chi connectivity index (χ1) is 21.8. The monoisotopic (exact) mass is 667 g/mol. The van der Waals surface area contributed by atoms with Gasteiger partial charge in [0.25, 0.3) is 0 Å². The van der Waals surface area contributed by atoms with E-state index in [9.17, 15) is 24.9 Å². The number of Topliss-reactive ketones (excluding diaryl/α,β-unsaturated/α-hetero) is 1. The van der Waals surface area contributed by atoms with Gasteiger partial charge in [0.1, 0.15) is 17.5 Å². The predicted octanol–water partition coefficient (Wildman–Crippen LogP) is 4.42. The molecule has 4 N–H and O–H groups in total. The minimum Gasteiger partial charge on any atom is -0.459 e. The summed E-state index contributed by atoms with van der Waals surface area (Å²) >= 11 is 0. The Morgan fingerprint density at radius 3 is 2.19 bits per heavy atom. The van der Waals surface area contributed by atoms with E-state index in [0.717, 1.165) is 6.42 Å². The molecule has 3 rings (SSSR count). The van der Waals surface area contributed by atoms with Crippen molar-refractivity contribution in [1.82, 2.24) is 5.32 Å². The van der Waals surface area contributed by atoms with Gasteiger partial charge in [0.2, 0.25) is 0 Å². The van der Waals surface area contributed by atoms with Crippen LogP contribution in [-0.4, -0.2) is 94.8 Å². The molecule has 0 aromatic rings. The molecular weight excluding hydrogens is 602 g/mol. The van der Waals surface area contributed by atoms with Gasteiger partial charge in [0.05, 0.1) is 42.5 Å². The molecule has 0 radical (unpaired) electrons. The van der Waals surface area contributed by atoms with E-state index >= 15 is 0 Å².